The molecule has 3 heteroatoms. The average Bonchev–Trinajstić information content (AvgIpc) is 2.33. The number of hydrogen-bond acceptors (Lipinski definition) is 3. The van der Waals surface area contributed by atoms with Crippen LogP contribution in [0.3, 0.4) is 0 Å². The number of ether oxygens (including phenoxy) is 2. The van der Waals surface area contributed by atoms with Gasteiger partial charge in [-0.3, -0.25) is 4.79 Å². The lowest BCUT2D eigenvalue weighted by molar-refractivity contribution is -0.164. The first kappa shape index (κ1) is 14.1. The van der Waals surface area contributed by atoms with Crippen molar-refractivity contribution < 1.29 is 14.3 Å². The third-order valence-corrected chi connectivity index (χ3v) is 4.12. The summed E-state index contributed by atoms with van der Waals surface area (Å²) in [7, 11) is 1.46. The van der Waals surface area contributed by atoms with Crippen LogP contribution in [0, 0.1) is 18.8 Å². The molecule has 0 spiro atoms. The molecule has 1 aromatic rings. The summed E-state index contributed by atoms with van der Waals surface area (Å²) in [6.45, 7) is 7.41. The highest BCUT2D eigenvalue weighted by Crippen LogP contribution is 2.44. The predicted octanol–water partition coefficient (Wildman–Crippen LogP) is 2.71. The Labute approximate surface area is 114 Å². The molecule has 1 unspecified atom stereocenters. The molecule has 104 valence electrons. The highest BCUT2D eigenvalue weighted by Gasteiger charge is 2.52. The van der Waals surface area contributed by atoms with Gasteiger partial charge in [0, 0.05) is 0 Å². The molecule has 1 heterocycles. The summed E-state index contributed by atoms with van der Waals surface area (Å²) in [5.74, 6) is -0.0788. The third kappa shape index (κ3) is 2.27. The number of rotatable bonds is 4. The van der Waals surface area contributed by atoms with Crippen molar-refractivity contribution in [1.82, 2.24) is 0 Å². The fourth-order valence-electron chi connectivity index (χ4n) is 3.22. The van der Waals surface area contributed by atoms with Gasteiger partial charge in [-0.15, -0.1) is 0 Å². The van der Waals surface area contributed by atoms with E-state index in [2.05, 4.69) is 32.9 Å². The number of aryl methyl sites for hydroxylation is 1. The second-order valence-corrected chi connectivity index (χ2v) is 5.71. The zero-order chi connectivity index (χ0) is 14.0. The number of esters is 1. The van der Waals surface area contributed by atoms with E-state index < -0.39 is 0 Å². The van der Waals surface area contributed by atoms with E-state index in [1.807, 2.05) is 12.1 Å². The van der Waals surface area contributed by atoms with Crippen LogP contribution in [0.2, 0.25) is 0 Å². The summed E-state index contributed by atoms with van der Waals surface area (Å²) in [6, 6.07) is 8.24. The van der Waals surface area contributed by atoms with E-state index in [9.17, 15) is 4.79 Å². The normalized spacial score (nSPS) is 18.8. The monoisotopic (exact) mass is 262 g/mol. The van der Waals surface area contributed by atoms with Gasteiger partial charge in [-0.1, -0.05) is 38.1 Å². The summed E-state index contributed by atoms with van der Waals surface area (Å²) in [4.78, 5) is 12.2. The molecule has 0 radical (unpaired) electrons. The van der Waals surface area contributed by atoms with Crippen molar-refractivity contribution in [2.75, 3.05) is 20.3 Å². The van der Waals surface area contributed by atoms with E-state index in [-0.39, 0.29) is 23.2 Å². The maximum absolute atomic E-state index is 12.2. The summed E-state index contributed by atoms with van der Waals surface area (Å²) in [5, 5.41) is 0. The van der Waals surface area contributed by atoms with Crippen LogP contribution < -0.4 is 0 Å². The Bertz CT molecular complexity index is 461. The summed E-state index contributed by atoms with van der Waals surface area (Å²) in [6.07, 6.45) is 0. The van der Waals surface area contributed by atoms with Gasteiger partial charge in [0.05, 0.1) is 31.7 Å². The van der Waals surface area contributed by atoms with E-state index in [0.29, 0.717) is 13.2 Å². The lowest BCUT2D eigenvalue weighted by Gasteiger charge is -2.48. The van der Waals surface area contributed by atoms with Crippen LogP contribution in [0.4, 0.5) is 0 Å². The first-order valence-electron chi connectivity index (χ1n) is 6.74. The van der Waals surface area contributed by atoms with Gasteiger partial charge < -0.3 is 9.47 Å². The molecule has 0 amide bonds. The number of benzene rings is 1. The Hall–Kier alpha value is -1.35. The maximum atomic E-state index is 12.2. The molecular formula is C16H22O3. The first-order chi connectivity index (χ1) is 9.03. The Morgan fingerprint density at radius 2 is 1.95 bits per heavy atom. The number of carbonyl (C=O) groups is 1. The van der Waals surface area contributed by atoms with Crippen molar-refractivity contribution in [3.05, 3.63) is 35.4 Å². The van der Waals surface area contributed by atoms with Gasteiger partial charge in [0.2, 0.25) is 0 Å². The lowest BCUT2D eigenvalue weighted by Crippen LogP contribution is -2.57. The van der Waals surface area contributed by atoms with Gasteiger partial charge in [-0.05, 0) is 24.0 Å². The molecule has 1 fully saturated rings. The zero-order valence-corrected chi connectivity index (χ0v) is 12.1. The van der Waals surface area contributed by atoms with E-state index in [1.165, 1.54) is 18.2 Å². The quantitative estimate of drug-likeness (QED) is 0.783. The zero-order valence-electron chi connectivity index (χ0n) is 12.1. The molecule has 1 atom stereocenters. The van der Waals surface area contributed by atoms with Gasteiger partial charge in [0.25, 0.3) is 0 Å². The second kappa shape index (κ2) is 5.33. The standard InChI is InChI=1S/C16H22O3/c1-11(2)14(15(17)18-4)16(9-19-10-16)13-8-6-5-7-12(13)3/h5-8,11,14H,9-10H2,1-4H3. The summed E-state index contributed by atoms with van der Waals surface area (Å²) < 4.78 is 10.5. The Balaban J connectivity index is 2.47. The molecule has 1 aliphatic heterocycles. The van der Waals surface area contributed by atoms with Crippen molar-refractivity contribution in [2.24, 2.45) is 11.8 Å². The molecule has 0 saturated carbocycles. The van der Waals surface area contributed by atoms with Gasteiger partial charge in [0.1, 0.15) is 0 Å². The van der Waals surface area contributed by atoms with Crippen LogP contribution >= 0.6 is 0 Å². The first-order valence-corrected chi connectivity index (χ1v) is 6.74. The molecule has 1 aliphatic rings. The van der Waals surface area contributed by atoms with E-state index in [0.717, 1.165) is 0 Å². The second-order valence-electron chi connectivity index (χ2n) is 5.71. The van der Waals surface area contributed by atoms with Crippen molar-refractivity contribution in [3.63, 3.8) is 0 Å². The van der Waals surface area contributed by atoms with E-state index >= 15 is 0 Å². The molecule has 1 aromatic carbocycles. The van der Waals surface area contributed by atoms with Crippen LogP contribution in [-0.4, -0.2) is 26.3 Å². The van der Waals surface area contributed by atoms with Gasteiger partial charge in [0.15, 0.2) is 0 Å². The average molecular weight is 262 g/mol. The van der Waals surface area contributed by atoms with Crippen LogP contribution in [0.15, 0.2) is 24.3 Å². The highest BCUT2D eigenvalue weighted by atomic mass is 16.5. The molecule has 0 N–H and O–H groups in total. The Kier molecular flexibility index (Phi) is 3.95. The summed E-state index contributed by atoms with van der Waals surface area (Å²) in [5.41, 5.74) is 2.19. The molecule has 1 saturated heterocycles. The van der Waals surface area contributed by atoms with E-state index in [4.69, 9.17) is 9.47 Å². The van der Waals surface area contributed by atoms with Crippen molar-refractivity contribution >= 4 is 5.97 Å². The van der Waals surface area contributed by atoms with Crippen molar-refractivity contribution in [1.29, 1.82) is 0 Å². The molecule has 2 rings (SSSR count). The third-order valence-electron chi connectivity index (χ3n) is 4.12. The molecule has 0 aromatic heterocycles. The number of carbonyl (C=O) groups excluding carboxylic acids is 1. The number of methoxy groups -OCH3 is 1. The smallest absolute Gasteiger partial charge is 0.310 e. The van der Waals surface area contributed by atoms with Crippen LogP contribution in [-0.2, 0) is 19.7 Å². The van der Waals surface area contributed by atoms with Crippen LogP contribution in [0.25, 0.3) is 0 Å². The SMILES string of the molecule is COC(=O)C(C(C)C)C1(c2ccccc2C)COC1. The minimum Gasteiger partial charge on any atom is -0.469 e. The fourth-order valence-corrected chi connectivity index (χ4v) is 3.22. The Morgan fingerprint density at radius 3 is 2.37 bits per heavy atom. The van der Waals surface area contributed by atoms with Crippen LogP contribution in [0.5, 0.6) is 0 Å². The molecule has 0 bridgehead atoms. The molecule has 3 nitrogen and oxygen atoms in total. The van der Waals surface area contributed by atoms with Crippen LogP contribution in [0.1, 0.15) is 25.0 Å². The maximum Gasteiger partial charge on any atom is 0.310 e. The largest absolute Gasteiger partial charge is 0.469 e. The Morgan fingerprint density at radius 1 is 1.32 bits per heavy atom. The minimum atomic E-state index is -0.230. The number of hydrogen-bond donors (Lipinski definition) is 0. The molecular weight excluding hydrogens is 240 g/mol. The topological polar surface area (TPSA) is 35.5 Å². The van der Waals surface area contributed by atoms with Crippen molar-refractivity contribution in [2.45, 2.75) is 26.2 Å². The van der Waals surface area contributed by atoms with E-state index in [1.54, 1.807) is 0 Å². The van der Waals surface area contributed by atoms with Crippen molar-refractivity contribution in [3.8, 4) is 0 Å². The minimum absolute atomic E-state index is 0.137. The molecule has 0 aliphatic carbocycles. The summed E-state index contributed by atoms with van der Waals surface area (Å²) >= 11 is 0. The predicted molar refractivity (Wildman–Crippen MR) is 74.0 cm³/mol. The fraction of sp³-hybridized carbons (Fsp3) is 0.562. The molecule has 19 heavy (non-hydrogen) atoms. The lowest BCUT2D eigenvalue weighted by atomic mass is 9.63. The van der Waals surface area contributed by atoms with Gasteiger partial charge in [-0.2, -0.15) is 0 Å². The van der Waals surface area contributed by atoms with Gasteiger partial charge >= 0.3 is 5.97 Å². The van der Waals surface area contributed by atoms with Gasteiger partial charge in [-0.25, -0.2) is 0 Å². The highest BCUT2D eigenvalue weighted by molar-refractivity contribution is 5.75.